The number of benzene rings is 2. The van der Waals surface area contributed by atoms with Crippen LogP contribution in [0.15, 0.2) is 58.4 Å². The number of nitrogens with one attached hydrogen (secondary N) is 1. The maximum atomic E-state index is 12.6. The Morgan fingerprint density at radius 2 is 1.80 bits per heavy atom. The molecule has 184 valence electrons. The molecule has 0 radical (unpaired) electrons. The molecule has 0 fully saturated rings. The predicted octanol–water partition coefficient (Wildman–Crippen LogP) is 5.47. The highest BCUT2D eigenvalue weighted by Crippen LogP contribution is 2.40. The van der Waals surface area contributed by atoms with Crippen molar-refractivity contribution in [2.24, 2.45) is 12.0 Å². The third-order valence-electron chi connectivity index (χ3n) is 5.87. The molecule has 3 aromatic rings. The summed E-state index contributed by atoms with van der Waals surface area (Å²) in [6.45, 7) is 8.39. The molecule has 1 N–H and O–H groups in total. The van der Waals surface area contributed by atoms with Crippen LogP contribution in [0.25, 0.3) is 11.1 Å². The number of carbonyl (C=O) groups excluding carboxylic acids is 1. The van der Waals surface area contributed by atoms with Gasteiger partial charge >= 0.3 is 0 Å². The van der Waals surface area contributed by atoms with E-state index in [-0.39, 0.29) is 17.9 Å². The van der Waals surface area contributed by atoms with E-state index in [4.69, 9.17) is 21.3 Å². The van der Waals surface area contributed by atoms with Gasteiger partial charge in [0, 0.05) is 47.6 Å². The fourth-order valence-corrected chi connectivity index (χ4v) is 4.46. The van der Waals surface area contributed by atoms with Gasteiger partial charge in [-0.3, -0.25) is 14.6 Å². The van der Waals surface area contributed by atoms with Crippen LogP contribution in [0.4, 0.5) is 0 Å². The van der Waals surface area contributed by atoms with Crippen molar-refractivity contribution in [3.05, 3.63) is 86.3 Å². The Labute approximate surface area is 211 Å². The van der Waals surface area contributed by atoms with Crippen LogP contribution in [-0.4, -0.2) is 29.8 Å². The van der Waals surface area contributed by atoms with Gasteiger partial charge in [0.1, 0.15) is 5.75 Å². The first kappa shape index (κ1) is 26.2. The third kappa shape index (κ3) is 5.49. The predicted molar refractivity (Wildman–Crippen MR) is 143 cm³/mol. The number of hydrogen-bond acceptors (Lipinski definition) is 4. The molecule has 1 aliphatic rings. The number of amides is 1. The van der Waals surface area contributed by atoms with Crippen molar-refractivity contribution in [1.82, 2.24) is 9.88 Å². The van der Waals surface area contributed by atoms with E-state index in [1.54, 1.807) is 24.8 Å². The zero-order chi connectivity index (χ0) is 25.7. The fraction of sp³-hybridized carbons (Fsp3) is 0.321. The maximum Gasteiger partial charge on any atom is 0.250 e. The van der Waals surface area contributed by atoms with E-state index in [1.807, 2.05) is 70.3 Å². The van der Waals surface area contributed by atoms with Crippen molar-refractivity contribution >= 4 is 23.2 Å². The zero-order valence-electron chi connectivity index (χ0n) is 21.1. The largest absolute Gasteiger partial charge is 0.497 e. The molecule has 0 saturated carbocycles. The minimum absolute atomic E-state index is 0.117. The molecule has 0 bridgehead atoms. The minimum atomic E-state index is -0.524. The van der Waals surface area contributed by atoms with E-state index in [0.717, 1.165) is 39.1 Å². The number of aliphatic imine (C=N–C) groups is 1. The van der Waals surface area contributed by atoms with Crippen molar-refractivity contribution in [3.8, 4) is 16.9 Å². The molecule has 0 aliphatic carbocycles. The Hall–Kier alpha value is -3.38. The summed E-state index contributed by atoms with van der Waals surface area (Å²) >= 11 is 6.23. The van der Waals surface area contributed by atoms with E-state index in [0.29, 0.717) is 17.3 Å². The van der Waals surface area contributed by atoms with Gasteiger partial charge < -0.3 is 14.6 Å². The summed E-state index contributed by atoms with van der Waals surface area (Å²) in [5.41, 5.74) is 5.87. The standard InChI is InChI=1S/C26H26ClN3O3.C2H6/c1-5-28-24(31)13-23-20-12-25(32)30(3)14-22(20)19-9-7-17(33-4)11-21(19)26(29-23)18-8-6-16(27)10-15(18)2;1-2/h6-12,14,23H,5,13H2,1-4H3,(H,28,31);1-2H3. The van der Waals surface area contributed by atoms with Gasteiger partial charge in [-0.15, -0.1) is 0 Å². The minimum Gasteiger partial charge on any atom is -0.497 e. The summed E-state index contributed by atoms with van der Waals surface area (Å²) in [6, 6.07) is 12.6. The summed E-state index contributed by atoms with van der Waals surface area (Å²) in [7, 11) is 3.35. The van der Waals surface area contributed by atoms with Crippen LogP contribution >= 0.6 is 11.6 Å². The van der Waals surface area contributed by atoms with Gasteiger partial charge in [-0.05, 0) is 60.9 Å². The number of ether oxygens (including phenoxy) is 1. The first-order chi connectivity index (χ1) is 16.8. The van der Waals surface area contributed by atoms with Gasteiger partial charge in [-0.1, -0.05) is 31.5 Å². The molecule has 35 heavy (non-hydrogen) atoms. The second-order valence-electron chi connectivity index (χ2n) is 8.11. The summed E-state index contributed by atoms with van der Waals surface area (Å²) < 4.78 is 7.06. The van der Waals surface area contributed by atoms with Gasteiger partial charge in [0.25, 0.3) is 5.56 Å². The van der Waals surface area contributed by atoms with E-state index in [2.05, 4.69) is 5.32 Å². The Morgan fingerprint density at radius 3 is 2.46 bits per heavy atom. The lowest BCUT2D eigenvalue weighted by Crippen LogP contribution is -2.25. The number of carbonyl (C=O) groups is 1. The number of nitrogens with zero attached hydrogens (tertiary/aromatic N) is 2. The molecule has 6 nitrogen and oxygen atoms in total. The van der Waals surface area contributed by atoms with Gasteiger partial charge in [0.2, 0.25) is 5.91 Å². The highest BCUT2D eigenvalue weighted by atomic mass is 35.5. The third-order valence-corrected chi connectivity index (χ3v) is 6.11. The first-order valence-corrected chi connectivity index (χ1v) is 12.2. The number of aromatic nitrogens is 1. The smallest absolute Gasteiger partial charge is 0.250 e. The lowest BCUT2D eigenvalue weighted by atomic mass is 9.90. The lowest BCUT2D eigenvalue weighted by molar-refractivity contribution is -0.121. The van der Waals surface area contributed by atoms with Gasteiger partial charge in [-0.25, -0.2) is 0 Å². The van der Waals surface area contributed by atoms with Crippen molar-refractivity contribution < 1.29 is 9.53 Å². The van der Waals surface area contributed by atoms with Gasteiger partial charge in [0.05, 0.1) is 25.3 Å². The van der Waals surface area contributed by atoms with Crippen LogP contribution in [0.1, 0.15) is 55.5 Å². The van der Waals surface area contributed by atoms with E-state index < -0.39 is 6.04 Å². The Morgan fingerprint density at radius 1 is 1.09 bits per heavy atom. The summed E-state index contributed by atoms with van der Waals surface area (Å²) in [4.78, 5) is 30.3. The monoisotopic (exact) mass is 493 g/mol. The number of fused-ring (bicyclic) bond motifs is 3. The van der Waals surface area contributed by atoms with Crippen LogP contribution < -0.4 is 15.6 Å². The van der Waals surface area contributed by atoms with Crippen molar-refractivity contribution in [2.45, 2.75) is 40.2 Å². The highest BCUT2D eigenvalue weighted by Gasteiger charge is 2.28. The highest BCUT2D eigenvalue weighted by molar-refractivity contribution is 6.31. The molecule has 1 unspecified atom stereocenters. The first-order valence-electron chi connectivity index (χ1n) is 11.8. The number of rotatable bonds is 5. The van der Waals surface area contributed by atoms with Crippen LogP contribution in [0.2, 0.25) is 5.02 Å². The number of pyridine rings is 1. The number of methoxy groups -OCH3 is 1. The molecule has 7 heteroatoms. The van der Waals surface area contributed by atoms with Crippen molar-refractivity contribution in [2.75, 3.05) is 13.7 Å². The summed E-state index contributed by atoms with van der Waals surface area (Å²) in [6.07, 6.45) is 1.95. The molecule has 1 aliphatic heterocycles. The molecule has 0 spiro atoms. The molecular weight excluding hydrogens is 462 g/mol. The molecule has 1 aromatic heterocycles. The Kier molecular flexibility index (Phi) is 8.52. The second kappa shape index (κ2) is 11.4. The SMILES string of the molecule is CC.CCNC(=O)CC1N=C(c2ccc(Cl)cc2C)c2cc(OC)ccc2-c2cn(C)c(=O)cc21. The molecule has 0 saturated heterocycles. The van der Waals surface area contributed by atoms with Crippen molar-refractivity contribution in [1.29, 1.82) is 0 Å². The number of aryl methyl sites for hydroxylation is 2. The normalized spacial score (nSPS) is 13.9. The topological polar surface area (TPSA) is 72.7 Å². The summed E-state index contributed by atoms with van der Waals surface area (Å²) in [5.74, 6) is 0.579. The molecule has 2 heterocycles. The van der Waals surface area contributed by atoms with Gasteiger partial charge in [0.15, 0.2) is 0 Å². The maximum absolute atomic E-state index is 12.6. The van der Waals surface area contributed by atoms with E-state index >= 15 is 0 Å². The van der Waals surface area contributed by atoms with Crippen LogP contribution in [0.3, 0.4) is 0 Å². The quantitative estimate of drug-likeness (QED) is 0.512. The van der Waals surface area contributed by atoms with E-state index in [1.165, 1.54) is 0 Å². The number of hydrogen-bond donors (Lipinski definition) is 1. The number of halogens is 1. The lowest BCUT2D eigenvalue weighted by Gasteiger charge is -2.16. The van der Waals surface area contributed by atoms with Gasteiger partial charge in [-0.2, -0.15) is 0 Å². The van der Waals surface area contributed by atoms with Crippen LogP contribution in [0, 0.1) is 6.92 Å². The van der Waals surface area contributed by atoms with Crippen LogP contribution in [-0.2, 0) is 11.8 Å². The second-order valence-corrected chi connectivity index (χ2v) is 8.55. The molecule has 2 aromatic carbocycles. The zero-order valence-corrected chi connectivity index (χ0v) is 21.9. The Balaban J connectivity index is 0.00000167. The van der Waals surface area contributed by atoms with Crippen molar-refractivity contribution in [3.63, 3.8) is 0 Å². The average molecular weight is 494 g/mol. The molecule has 4 rings (SSSR count). The van der Waals surface area contributed by atoms with Crippen LogP contribution in [0.5, 0.6) is 5.75 Å². The summed E-state index contributed by atoms with van der Waals surface area (Å²) in [5, 5.41) is 3.49. The fourth-order valence-electron chi connectivity index (χ4n) is 4.23. The molecule has 1 amide bonds. The van der Waals surface area contributed by atoms with E-state index in [9.17, 15) is 9.59 Å². The molecular formula is C28H32ClN3O3. The Bertz CT molecular complexity index is 1330. The average Bonchev–Trinajstić information content (AvgIpc) is 2.96. The molecule has 1 atom stereocenters.